The van der Waals surface area contributed by atoms with Crippen molar-refractivity contribution < 1.29 is 9.13 Å². The van der Waals surface area contributed by atoms with Gasteiger partial charge in [0.1, 0.15) is 5.82 Å². The summed E-state index contributed by atoms with van der Waals surface area (Å²) in [4.78, 5) is 0. The molecule has 2 rings (SSSR count). The van der Waals surface area contributed by atoms with Gasteiger partial charge in [-0.3, -0.25) is 0 Å². The first-order valence-corrected chi connectivity index (χ1v) is 7.28. The molecule has 1 aliphatic rings. The molecule has 0 amide bonds. The molecule has 0 radical (unpaired) electrons. The van der Waals surface area contributed by atoms with Gasteiger partial charge in [-0.1, -0.05) is 24.6 Å². The van der Waals surface area contributed by atoms with Crippen molar-refractivity contribution in [3.63, 3.8) is 0 Å². The Balaban J connectivity index is 2.09. The molecule has 4 heteroatoms. The van der Waals surface area contributed by atoms with E-state index in [1.54, 1.807) is 6.07 Å². The third kappa shape index (κ3) is 3.68. The molecule has 3 unspecified atom stereocenters. The van der Waals surface area contributed by atoms with Gasteiger partial charge in [0.2, 0.25) is 0 Å². The summed E-state index contributed by atoms with van der Waals surface area (Å²) in [5, 5.41) is 3.72. The summed E-state index contributed by atoms with van der Waals surface area (Å²) in [5.74, 6) is 0.145. The van der Waals surface area contributed by atoms with Crippen molar-refractivity contribution in [2.75, 3.05) is 13.2 Å². The summed E-state index contributed by atoms with van der Waals surface area (Å²) in [7, 11) is 0. The van der Waals surface area contributed by atoms with Gasteiger partial charge in [-0.25, -0.2) is 4.39 Å². The molecule has 106 valence electrons. The van der Waals surface area contributed by atoms with E-state index < -0.39 is 0 Å². The summed E-state index contributed by atoms with van der Waals surface area (Å²) in [6, 6.07) is 5.33. The Morgan fingerprint density at radius 1 is 1.53 bits per heavy atom. The summed E-state index contributed by atoms with van der Waals surface area (Å²) < 4.78 is 18.8. The molecule has 0 spiro atoms. The maximum Gasteiger partial charge on any atom is 0.141 e. The average molecular weight is 286 g/mol. The highest BCUT2D eigenvalue weighted by atomic mass is 35.5. The Morgan fingerprint density at radius 3 is 2.89 bits per heavy atom. The quantitative estimate of drug-likeness (QED) is 0.895. The third-order valence-corrected chi connectivity index (χ3v) is 4.15. The van der Waals surface area contributed by atoms with E-state index in [9.17, 15) is 4.39 Å². The molecule has 1 aromatic carbocycles. The lowest BCUT2D eigenvalue weighted by molar-refractivity contribution is 0.0956. The van der Waals surface area contributed by atoms with E-state index >= 15 is 0 Å². The number of hydrogen-bond acceptors (Lipinski definition) is 2. The Labute approximate surface area is 119 Å². The Bertz CT molecular complexity index is 427. The molecule has 0 aliphatic carbocycles. The second-order valence-electron chi connectivity index (χ2n) is 5.15. The van der Waals surface area contributed by atoms with Crippen LogP contribution >= 0.6 is 11.6 Å². The largest absolute Gasteiger partial charge is 0.378 e. The number of halogens is 2. The number of ether oxygens (including phenoxy) is 1. The fourth-order valence-corrected chi connectivity index (χ4v) is 3.04. The summed E-state index contributed by atoms with van der Waals surface area (Å²) in [6.07, 6.45) is 2.21. The molecule has 2 nitrogen and oxygen atoms in total. The van der Waals surface area contributed by atoms with Crippen molar-refractivity contribution in [1.82, 2.24) is 5.32 Å². The predicted molar refractivity (Wildman–Crippen MR) is 76.1 cm³/mol. The van der Waals surface area contributed by atoms with Crippen LogP contribution in [-0.2, 0) is 11.2 Å². The van der Waals surface area contributed by atoms with Crippen LogP contribution in [0.1, 0.15) is 25.8 Å². The molecule has 1 N–H and O–H groups in total. The van der Waals surface area contributed by atoms with Crippen LogP contribution in [0.4, 0.5) is 4.39 Å². The molecule has 19 heavy (non-hydrogen) atoms. The second-order valence-corrected chi connectivity index (χ2v) is 5.55. The van der Waals surface area contributed by atoms with Crippen LogP contribution in [0.5, 0.6) is 0 Å². The Hall–Kier alpha value is -0.640. The maximum absolute atomic E-state index is 13.2. The zero-order valence-corrected chi connectivity index (χ0v) is 12.2. The molecule has 1 aromatic rings. The lowest BCUT2D eigenvalue weighted by atomic mass is 9.89. The second kappa shape index (κ2) is 6.69. The highest BCUT2D eigenvalue weighted by Gasteiger charge is 2.31. The van der Waals surface area contributed by atoms with Gasteiger partial charge in [0.25, 0.3) is 0 Å². The smallest absolute Gasteiger partial charge is 0.141 e. The summed E-state index contributed by atoms with van der Waals surface area (Å²) in [6.45, 7) is 5.98. The number of rotatable bonds is 5. The molecular formula is C15H21ClFNO. The number of likely N-dealkylation sites (N-methyl/N-ethyl adjacent to an activating group) is 1. The van der Waals surface area contributed by atoms with E-state index in [0.717, 1.165) is 31.6 Å². The van der Waals surface area contributed by atoms with Crippen LogP contribution < -0.4 is 5.32 Å². The van der Waals surface area contributed by atoms with Crippen molar-refractivity contribution in [3.05, 3.63) is 34.6 Å². The van der Waals surface area contributed by atoms with E-state index in [0.29, 0.717) is 12.0 Å². The first kappa shape index (κ1) is 14.8. The van der Waals surface area contributed by atoms with Crippen LogP contribution in [0.3, 0.4) is 0 Å². The zero-order chi connectivity index (χ0) is 13.8. The van der Waals surface area contributed by atoms with Crippen molar-refractivity contribution in [2.45, 2.75) is 38.8 Å². The van der Waals surface area contributed by atoms with Gasteiger partial charge in [-0.15, -0.1) is 0 Å². The van der Waals surface area contributed by atoms with E-state index in [1.807, 2.05) is 6.07 Å². The Morgan fingerprint density at radius 2 is 2.32 bits per heavy atom. The van der Waals surface area contributed by atoms with Crippen molar-refractivity contribution in [1.29, 1.82) is 0 Å². The number of benzene rings is 1. The monoisotopic (exact) mass is 285 g/mol. The molecule has 0 aromatic heterocycles. The number of nitrogens with one attached hydrogen (secondary N) is 1. The van der Waals surface area contributed by atoms with Crippen molar-refractivity contribution >= 4 is 11.6 Å². The van der Waals surface area contributed by atoms with Crippen LogP contribution in [0.15, 0.2) is 18.2 Å². The van der Waals surface area contributed by atoms with E-state index in [1.165, 1.54) is 6.07 Å². The van der Waals surface area contributed by atoms with Gasteiger partial charge in [-0.2, -0.15) is 0 Å². The summed E-state index contributed by atoms with van der Waals surface area (Å²) in [5.41, 5.74) is 1.07. The van der Waals surface area contributed by atoms with E-state index in [2.05, 4.69) is 19.2 Å². The molecular weight excluding hydrogens is 265 g/mol. The van der Waals surface area contributed by atoms with Gasteiger partial charge in [-0.05, 0) is 44.0 Å². The minimum absolute atomic E-state index is 0.198. The van der Waals surface area contributed by atoms with Crippen molar-refractivity contribution in [3.8, 4) is 0 Å². The highest BCUT2D eigenvalue weighted by molar-refractivity contribution is 6.30. The van der Waals surface area contributed by atoms with Gasteiger partial charge in [0.15, 0.2) is 0 Å². The molecule has 0 bridgehead atoms. The van der Waals surface area contributed by atoms with Gasteiger partial charge >= 0.3 is 0 Å². The normalized spacial score (nSPS) is 24.6. The average Bonchev–Trinajstić information content (AvgIpc) is 2.79. The summed E-state index contributed by atoms with van der Waals surface area (Å²) >= 11 is 5.84. The first-order chi connectivity index (χ1) is 9.11. The lowest BCUT2D eigenvalue weighted by Gasteiger charge is -2.26. The van der Waals surface area contributed by atoms with Gasteiger partial charge < -0.3 is 10.1 Å². The van der Waals surface area contributed by atoms with E-state index in [4.69, 9.17) is 16.3 Å². The molecule has 3 atom stereocenters. The first-order valence-electron chi connectivity index (χ1n) is 6.90. The molecule has 0 saturated carbocycles. The van der Waals surface area contributed by atoms with Gasteiger partial charge in [0, 0.05) is 18.6 Å². The highest BCUT2D eigenvalue weighted by Crippen LogP contribution is 2.27. The minimum Gasteiger partial charge on any atom is -0.378 e. The SMILES string of the molecule is CCNC(Cc1ccc(F)c(Cl)c1)C1CCOC1C. The van der Waals surface area contributed by atoms with Crippen LogP contribution in [-0.4, -0.2) is 25.3 Å². The molecule has 1 aliphatic heterocycles. The predicted octanol–water partition coefficient (Wildman–Crippen LogP) is 3.42. The molecule has 1 heterocycles. The number of hydrogen-bond donors (Lipinski definition) is 1. The van der Waals surface area contributed by atoms with E-state index in [-0.39, 0.29) is 16.9 Å². The zero-order valence-electron chi connectivity index (χ0n) is 11.5. The van der Waals surface area contributed by atoms with Crippen LogP contribution in [0, 0.1) is 11.7 Å². The maximum atomic E-state index is 13.2. The van der Waals surface area contributed by atoms with Crippen LogP contribution in [0.2, 0.25) is 5.02 Å². The van der Waals surface area contributed by atoms with Gasteiger partial charge in [0.05, 0.1) is 11.1 Å². The Kier molecular flexibility index (Phi) is 5.20. The fraction of sp³-hybridized carbons (Fsp3) is 0.600. The topological polar surface area (TPSA) is 21.3 Å². The minimum atomic E-state index is -0.358. The molecule has 1 fully saturated rings. The standard InChI is InChI=1S/C15H21ClFNO/c1-3-18-15(12-6-7-19-10(12)2)9-11-4-5-14(17)13(16)8-11/h4-5,8,10,12,15,18H,3,6-7,9H2,1-2H3. The third-order valence-electron chi connectivity index (χ3n) is 3.86. The van der Waals surface area contributed by atoms with Crippen LogP contribution in [0.25, 0.3) is 0 Å². The fourth-order valence-electron chi connectivity index (χ4n) is 2.83. The lowest BCUT2D eigenvalue weighted by Crippen LogP contribution is -2.40. The molecule has 1 saturated heterocycles. The van der Waals surface area contributed by atoms with Crippen molar-refractivity contribution in [2.24, 2.45) is 5.92 Å².